The molecule has 2 saturated heterocycles. The quantitative estimate of drug-likeness (QED) is 0.867. The van der Waals surface area contributed by atoms with Gasteiger partial charge in [-0.2, -0.15) is 18.3 Å². The van der Waals surface area contributed by atoms with Crippen molar-refractivity contribution in [2.24, 2.45) is 0 Å². The molecule has 144 valence electrons. The van der Waals surface area contributed by atoms with Gasteiger partial charge in [0.25, 0.3) is 5.91 Å². The number of carbonyl (C=O) groups is 1. The normalized spacial score (nSPS) is 31.8. The molecule has 1 aromatic heterocycles. The van der Waals surface area contributed by atoms with E-state index < -0.39 is 18.3 Å². The largest absolute Gasteiger partial charge is 0.410 e. The first-order valence-electron chi connectivity index (χ1n) is 9.19. The molecule has 1 aromatic rings. The summed E-state index contributed by atoms with van der Waals surface area (Å²) in [4.78, 5) is 14.5. The van der Waals surface area contributed by atoms with Gasteiger partial charge in [0.1, 0.15) is 11.9 Å². The molecule has 9 heteroatoms. The second-order valence-corrected chi connectivity index (χ2v) is 7.43. The van der Waals surface area contributed by atoms with E-state index in [9.17, 15) is 18.0 Å². The number of hydrogen-bond donors (Lipinski definition) is 1. The molecular weight excluding hydrogens is 349 g/mol. The molecule has 4 heterocycles. The standard InChI is InChI=1S/C17H23F3N4O2/c1-10-8-14(17(18,19)20)24-15(21-10)9-11(22-24)12-4-2-6-23(12)16(25)13-5-3-7-26-13/h9-10,12-14,21H,2-8H2,1H3/t10-,12+,13-,14-/m1/s1. The molecule has 0 aliphatic carbocycles. The molecule has 0 spiro atoms. The summed E-state index contributed by atoms with van der Waals surface area (Å²) in [5.74, 6) is 0.308. The molecule has 0 bridgehead atoms. The Labute approximate surface area is 149 Å². The third-order valence-electron chi connectivity index (χ3n) is 5.48. The summed E-state index contributed by atoms with van der Waals surface area (Å²) in [5, 5.41) is 7.35. The number of amides is 1. The number of alkyl halides is 3. The predicted molar refractivity (Wildman–Crippen MR) is 87.7 cm³/mol. The van der Waals surface area contributed by atoms with Gasteiger partial charge in [-0.05, 0) is 39.0 Å². The first-order chi connectivity index (χ1) is 12.3. The van der Waals surface area contributed by atoms with Gasteiger partial charge in [0, 0.05) is 25.3 Å². The van der Waals surface area contributed by atoms with Crippen molar-refractivity contribution >= 4 is 11.7 Å². The molecule has 4 atom stereocenters. The molecule has 26 heavy (non-hydrogen) atoms. The number of aromatic nitrogens is 2. The van der Waals surface area contributed by atoms with Crippen LogP contribution in [0.5, 0.6) is 0 Å². The highest BCUT2D eigenvalue weighted by Gasteiger charge is 2.46. The minimum atomic E-state index is -4.35. The van der Waals surface area contributed by atoms with E-state index in [2.05, 4.69) is 10.4 Å². The maximum absolute atomic E-state index is 13.4. The van der Waals surface area contributed by atoms with E-state index in [4.69, 9.17) is 4.74 Å². The van der Waals surface area contributed by atoms with Crippen molar-refractivity contribution in [1.82, 2.24) is 14.7 Å². The van der Waals surface area contributed by atoms with Crippen LogP contribution in [0.2, 0.25) is 0 Å². The number of ether oxygens (including phenoxy) is 1. The first-order valence-corrected chi connectivity index (χ1v) is 9.19. The monoisotopic (exact) mass is 372 g/mol. The van der Waals surface area contributed by atoms with Gasteiger partial charge >= 0.3 is 6.18 Å². The van der Waals surface area contributed by atoms with Crippen molar-refractivity contribution in [3.63, 3.8) is 0 Å². The lowest BCUT2D eigenvalue weighted by Gasteiger charge is -2.31. The van der Waals surface area contributed by atoms with Gasteiger partial charge in [-0.25, -0.2) is 4.68 Å². The summed E-state index contributed by atoms with van der Waals surface area (Å²) >= 11 is 0. The number of likely N-dealkylation sites (tertiary alicyclic amines) is 1. The zero-order valence-electron chi connectivity index (χ0n) is 14.6. The van der Waals surface area contributed by atoms with Crippen LogP contribution in [-0.4, -0.2) is 52.1 Å². The van der Waals surface area contributed by atoms with Crippen LogP contribution in [0, 0.1) is 0 Å². The summed E-state index contributed by atoms with van der Waals surface area (Å²) in [7, 11) is 0. The van der Waals surface area contributed by atoms with E-state index in [1.807, 2.05) is 0 Å². The highest BCUT2D eigenvalue weighted by atomic mass is 19.4. The van der Waals surface area contributed by atoms with Crippen molar-refractivity contribution in [2.75, 3.05) is 18.5 Å². The lowest BCUT2D eigenvalue weighted by atomic mass is 10.1. The molecule has 6 nitrogen and oxygen atoms in total. The van der Waals surface area contributed by atoms with Gasteiger partial charge in [0.15, 0.2) is 6.04 Å². The van der Waals surface area contributed by atoms with Crippen molar-refractivity contribution in [1.29, 1.82) is 0 Å². The average molecular weight is 372 g/mol. The van der Waals surface area contributed by atoms with Crippen LogP contribution >= 0.6 is 0 Å². The van der Waals surface area contributed by atoms with Crippen LogP contribution < -0.4 is 5.32 Å². The Kier molecular flexibility index (Phi) is 4.37. The lowest BCUT2D eigenvalue weighted by molar-refractivity contribution is -0.173. The predicted octanol–water partition coefficient (Wildman–Crippen LogP) is 3.03. The molecule has 3 aliphatic rings. The van der Waals surface area contributed by atoms with Gasteiger partial charge in [-0.1, -0.05) is 0 Å². The van der Waals surface area contributed by atoms with E-state index >= 15 is 0 Å². The van der Waals surface area contributed by atoms with Gasteiger partial charge in [-0.3, -0.25) is 4.79 Å². The minimum absolute atomic E-state index is 0.0547. The molecular formula is C17H23F3N4O2. The summed E-state index contributed by atoms with van der Waals surface area (Å²) in [6, 6.07) is -0.533. The van der Waals surface area contributed by atoms with Crippen molar-refractivity contribution in [3.05, 3.63) is 11.8 Å². The Balaban J connectivity index is 1.61. The number of fused-ring (bicyclic) bond motifs is 1. The number of nitrogens with one attached hydrogen (secondary N) is 1. The third kappa shape index (κ3) is 3.06. The third-order valence-corrected chi connectivity index (χ3v) is 5.48. The SMILES string of the molecule is C[C@@H]1C[C@H](C(F)(F)F)n2nc([C@@H]3CCCN3C(=O)[C@H]3CCCO3)cc2N1. The molecule has 3 aliphatic heterocycles. The molecule has 0 saturated carbocycles. The van der Waals surface area contributed by atoms with Gasteiger partial charge < -0.3 is 15.0 Å². The van der Waals surface area contributed by atoms with Crippen LogP contribution in [0.3, 0.4) is 0 Å². The summed E-state index contributed by atoms with van der Waals surface area (Å²) in [5.41, 5.74) is 0.527. The molecule has 0 aromatic carbocycles. The second-order valence-electron chi connectivity index (χ2n) is 7.43. The zero-order chi connectivity index (χ0) is 18.5. The van der Waals surface area contributed by atoms with E-state index in [0.717, 1.165) is 17.5 Å². The fourth-order valence-corrected chi connectivity index (χ4v) is 4.24. The summed E-state index contributed by atoms with van der Waals surface area (Å²) in [6.45, 7) is 2.92. The van der Waals surface area contributed by atoms with E-state index in [0.29, 0.717) is 37.5 Å². The molecule has 0 radical (unpaired) electrons. The molecule has 4 rings (SSSR count). The molecule has 2 fully saturated rings. The number of hydrogen-bond acceptors (Lipinski definition) is 4. The highest BCUT2D eigenvalue weighted by molar-refractivity contribution is 5.82. The number of anilines is 1. The van der Waals surface area contributed by atoms with Gasteiger partial charge in [-0.15, -0.1) is 0 Å². The van der Waals surface area contributed by atoms with Crippen LogP contribution in [0.1, 0.15) is 56.8 Å². The molecule has 0 unspecified atom stereocenters. The number of carbonyl (C=O) groups excluding carboxylic acids is 1. The second kappa shape index (κ2) is 6.44. The smallest absolute Gasteiger partial charge is 0.368 e. The lowest BCUT2D eigenvalue weighted by Crippen LogP contribution is -2.39. The summed E-state index contributed by atoms with van der Waals surface area (Å²) < 4.78 is 46.8. The van der Waals surface area contributed by atoms with Crippen LogP contribution in [-0.2, 0) is 9.53 Å². The fraction of sp³-hybridized carbons (Fsp3) is 0.765. The Morgan fingerprint density at radius 1 is 1.35 bits per heavy atom. The topological polar surface area (TPSA) is 59.4 Å². The van der Waals surface area contributed by atoms with E-state index in [1.165, 1.54) is 0 Å². The maximum Gasteiger partial charge on any atom is 0.410 e. The van der Waals surface area contributed by atoms with Crippen molar-refractivity contribution < 1.29 is 22.7 Å². The Bertz CT molecular complexity index is 684. The van der Waals surface area contributed by atoms with Crippen LogP contribution in [0.15, 0.2) is 6.07 Å². The highest BCUT2D eigenvalue weighted by Crippen LogP contribution is 2.41. The average Bonchev–Trinajstić information content (AvgIpc) is 3.31. The molecule has 1 N–H and O–H groups in total. The number of halogens is 3. The van der Waals surface area contributed by atoms with Crippen molar-refractivity contribution in [2.45, 2.75) is 69.4 Å². The minimum Gasteiger partial charge on any atom is -0.368 e. The Hall–Kier alpha value is -1.77. The van der Waals surface area contributed by atoms with Crippen LogP contribution in [0.4, 0.5) is 19.0 Å². The number of rotatable bonds is 2. The van der Waals surface area contributed by atoms with E-state index in [-0.39, 0.29) is 24.4 Å². The van der Waals surface area contributed by atoms with Crippen molar-refractivity contribution in [3.8, 4) is 0 Å². The van der Waals surface area contributed by atoms with E-state index in [1.54, 1.807) is 17.9 Å². The van der Waals surface area contributed by atoms with Gasteiger partial charge in [0.05, 0.1) is 11.7 Å². The van der Waals surface area contributed by atoms with Crippen LogP contribution in [0.25, 0.3) is 0 Å². The Morgan fingerprint density at radius 3 is 2.85 bits per heavy atom. The zero-order valence-corrected chi connectivity index (χ0v) is 14.6. The fourth-order valence-electron chi connectivity index (χ4n) is 4.24. The summed E-state index contributed by atoms with van der Waals surface area (Å²) in [6.07, 6.45) is -1.73. The maximum atomic E-state index is 13.4. The first kappa shape index (κ1) is 17.6. The number of nitrogens with zero attached hydrogens (tertiary/aromatic N) is 3. The Morgan fingerprint density at radius 2 is 2.15 bits per heavy atom. The van der Waals surface area contributed by atoms with Gasteiger partial charge in [0.2, 0.25) is 0 Å². The molecule has 1 amide bonds.